The van der Waals surface area contributed by atoms with E-state index in [4.69, 9.17) is 18.9 Å². The van der Waals surface area contributed by atoms with Gasteiger partial charge in [-0.25, -0.2) is 4.98 Å². The third-order valence-electron chi connectivity index (χ3n) is 4.28. The number of carbonyl (C=O) groups excluding carboxylic acids is 1. The fourth-order valence-electron chi connectivity index (χ4n) is 2.88. The van der Waals surface area contributed by atoms with Crippen LogP contribution in [-0.4, -0.2) is 43.3 Å². The Labute approximate surface area is 171 Å². The van der Waals surface area contributed by atoms with Crippen LogP contribution in [0.15, 0.2) is 48.5 Å². The standard InChI is InChI=1S/C20H19N3O5S/c1-25-14-6-7-15(26-2)18-17(14)22-20(29-18)23(11-13-5-3-4-8-21-13)19(24)16-12-27-9-10-28-16/h3-8,12H,9-11H2,1-2H3. The third-order valence-corrected chi connectivity index (χ3v) is 5.37. The minimum Gasteiger partial charge on any atom is -0.495 e. The van der Waals surface area contributed by atoms with Gasteiger partial charge in [-0.2, -0.15) is 0 Å². The molecule has 1 aromatic carbocycles. The van der Waals surface area contributed by atoms with Crippen LogP contribution < -0.4 is 14.4 Å². The molecule has 2 aromatic heterocycles. The van der Waals surface area contributed by atoms with Gasteiger partial charge in [0, 0.05) is 6.20 Å². The second kappa shape index (κ2) is 8.36. The molecule has 1 amide bonds. The highest BCUT2D eigenvalue weighted by Gasteiger charge is 2.28. The van der Waals surface area contributed by atoms with Gasteiger partial charge in [0.2, 0.25) is 5.76 Å². The van der Waals surface area contributed by atoms with Gasteiger partial charge in [-0.15, -0.1) is 0 Å². The zero-order valence-corrected chi connectivity index (χ0v) is 16.8. The highest BCUT2D eigenvalue weighted by Crippen LogP contribution is 2.40. The minimum atomic E-state index is -0.354. The number of nitrogens with zero attached hydrogens (tertiary/aromatic N) is 3. The van der Waals surface area contributed by atoms with Crippen LogP contribution in [0.5, 0.6) is 11.5 Å². The molecule has 9 heteroatoms. The van der Waals surface area contributed by atoms with Crippen molar-refractivity contribution >= 4 is 32.6 Å². The van der Waals surface area contributed by atoms with Gasteiger partial charge < -0.3 is 18.9 Å². The molecule has 0 saturated carbocycles. The van der Waals surface area contributed by atoms with Gasteiger partial charge in [0.05, 0.1) is 26.5 Å². The first-order valence-electron chi connectivity index (χ1n) is 8.89. The topological polar surface area (TPSA) is 83.0 Å². The Kier molecular flexibility index (Phi) is 5.48. The van der Waals surface area contributed by atoms with Gasteiger partial charge in [-0.3, -0.25) is 14.7 Å². The van der Waals surface area contributed by atoms with E-state index in [1.807, 2.05) is 24.3 Å². The molecule has 8 nitrogen and oxygen atoms in total. The number of methoxy groups -OCH3 is 2. The Balaban J connectivity index is 1.79. The van der Waals surface area contributed by atoms with Crippen molar-refractivity contribution in [1.82, 2.24) is 9.97 Å². The summed E-state index contributed by atoms with van der Waals surface area (Å²) in [4.78, 5) is 23.7. The van der Waals surface area contributed by atoms with Crippen molar-refractivity contribution in [3.63, 3.8) is 0 Å². The fourth-order valence-corrected chi connectivity index (χ4v) is 3.96. The monoisotopic (exact) mass is 413 g/mol. The van der Waals surface area contributed by atoms with Crippen molar-refractivity contribution in [2.24, 2.45) is 0 Å². The van der Waals surface area contributed by atoms with Crippen molar-refractivity contribution in [3.05, 3.63) is 54.2 Å². The van der Waals surface area contributed by atoms with Gasteiger partial charge in [-0.05, 0) is 24.3 Å². The summed E-state index contributed by atoms with van der Waals surface area (Å²) < 4.78 is 22.4. The van der Waals surface area contributed by atoms with E-state index in [9.17, 15) is 4.79 Å². The molecule has 0 N–H and O–H groups in total. The van der Waals surface area contributed by atoms with Crippen LogP contribution in [0.4, 0.5) is 5.13 Å². The number of ether oxygens (including phenoxy) is 4. The smallest absolute Gasteiger partial charge is 0.298 e. The molecule has 0 saturated heterocycles. The molecule has 0 aliphatic carbocycles. The molecule has 4 rings (SSSR count). The Bertz CT molecular complexity index is 1010. The number of hydrogen-bond donors (Lipinski definition) is 0. The second-order valence-electron chi connectivity index (χ2n) is 6.06. The Hall–Kier alpha value is -3.33. The second-order valence-corrected chi connectivity index (χ2v) is 7.04. The molecule has 0 fully saturated rings. The number of thiazole rings is 1. The Morgan fingerprint density at radius 2 is 2.00 bits per heavy atom. The first kappa shape index (κ1) is 19.0. The van der Waals surface area contributed by atoms with Crippen molar-refractivity contribution in [1.29, 1.82) is 0 Å². The summed E-state index contributed by atoms with van der Waals surface area (Å²) in [6.07, 6.45) is 3.02. The van der Waals surface area contributed by atoms with E-state index in [1.54, 1.807) is 26.5 Å². The lowest BCUT2D eigenvalue weighted by Crippen LogP contribution is -2.34. The van der Waals surface area contributed by atoms with Gasteiger partial charge in [0.15, 0.2) is 5.13 Å². The van der Waals surface area contributed by atoms with Gasteiger partial charge >= 0.3 is 0 Å². The molecule has 3 heterocycles. The van der Waals surface area contributed by atoms with Crippen LogP contribution >= 0.6 is 11.3 Å². The molecule has 1 aliphatic heterocycles. The number of carbonyl (C=O) groups is 1. The van der Waals surface area contributed by atoms with Gasteiger partial charge in [0.1, 0.15) is 41.2 Å². The highest BCUT2D eigenvalue weighted by atomic mass is 32.1. The number of aromatic nitrogens is 2. The quantitative estimate of drug-likeness (QED) is 0.614. The Morgan fingerprint density at radius 1 is 1.17 bits per heavy atom. The lowest BCUT2D eigenvalue weighted by Gasteiger charge is -2.22. The minimum absolute atomic E-state index is 0.130. The molecule has 1 aliphatic rings. The van der Waals surface area contributed by atoms with Crippen molar-refractivity contribution in [3.8, 4) is 11.5 Å². The number of rotatable bonds is 6. The number of anilines is 1. The lowest BCUT2D eigenvalue weighted by atomic mass is 10.3. The van der Waals surface area contributed by atoms with E-state index in [0.29, 0.717) is 35.4 Å². The normalized spacial score (nSPS) is 13.2. The highest BCUT2D eigenvalue weighted by molar-refractivity contribution is 7.22. The maximum atomic E-state index is 13.2. The van der Waals surface area contributed by atoms with Crippen LogP contribution in [0.3, 0.4) is 0 Å². The molecule has 0 bridgehead atoms. The van der Waals surface area contributed by atoms with Gasteiger partial charge in [0.25, 0.3) is 5.91 Å². The average Bonchev–Trinajstić information content (AvgIpc) is 3.23. The first-order chi connectivity index (χ1) is 14.2. The van der Waals surface area contributed by atoms with Crippen molar-refractivity contribution in [2.45, 2.75) is 6.54 Å². The Morgan fingerprint density at radius 3 is 2.69 bits per heavy atom. The third kappa shape index (κ3) is 3.81. The molecular weight excluding hydrogens is 394 g/mol. The predicted octanol–water partition coefficient (Wildman–Crippen LogP) is 3.13. The lowest BCUT2D eigenvalue weighted by molar-refractivity contribution is -0.120. The van der Waals surface area contributed by atoms with Gasteiger partial charge in [-0.1, -0.05) is 17.4 Å². The molecule has 0 unspecified atom stereocenters. The summed E-state index contributed by atoms with van der Waals surface area (Å²) >= 11 is 1.34. The molecule has 0 atom stereocenters. The zero-order chi connectivity index (χ0) is 20.2. The summed E-state index contributed by atoms with van der Waals surface area (Å²) in [5.41, 5.74) is 1.34. The van der Waals surface area contributed by atoms with E-state index < -0.39 is 0 Å². The summed E-state index contributed by atoms with van der Waals surface area (Å²) in [6, 6.07) is 9.14. The van der Waals surface area contributed by atoms with E-state index in [2.05, 4.69) is 9.97 Å². The van der Waals surface area contributed by atoms with Crippen molar-refractivity contribution < 1.29 is 23.7 Å². The maximum Gasteiger partial charge on any atom is 0.298 e. The molecule has 150 valence electrons. The molecule has 29 heavy (non-hydrogen) atoms. The SMILES string of the molecule is COc1ccc(OC)c2sc(N(Cc3ccccn3)C(=O)C3=COCCO3)nc12. The van der Waals surface area contributed by atoms with Crippen molar-refractivity contribution in [2.75, 3.05) is 32.3 Å². The molecule has 0 radical (unpaired) electrons. The van der Waals surface area contributed by atoms with Crippen LogP contribution in [-0.2, 0) is 20.8 Å². The van der Waals surface area contributed by atoms with E-state index in [0.717, 1.165) is 10.4 Å². The maximum absolute atomic E-state index is 13.2. The number of fused-ring (bicyclic) bond motifs is 1. The van der Waals surface area contributed by atoms with E-state index >= 15 is 0 Å². The van der Waals surface area contributed by atoms with Crippen LogP contribution in [0.1, 0.15) is 5.69 Å². The number of hydrogen-bond acceptors (Lipinski definition) is 8. The van der Waals surface area contributed by atoms with Crippen LogP contribution in [0.25, 0.3) is 10.2 Å². The summed E-state index contributed by atoms with van der Waals surface area (Å²) in [7, 11) is 3.17. The number of benzene rings is 1. The summed E-state index contributed by atoms with van der Waals surface area (Å²) in [6.45, 7) is 0.952. The van der Waals surface area contributed by atoms with E-state index in [1.165, 1.54) is 22.5 Å². The average molecular weight is 413 g/mol. The number of pyridine rings is 1. The molecular formula is C20H19N3O5S. The summed E-state index contributed by atoms with van der Waals surface area (Å²) in [5.74, 6) is 1.04. The summed E-state index contributed by atoms with van der Waals surface area (Å²) in [5, 5.41) is 0.480. The molecule has 3 aromatic rings. The fraction of sp³-hybridized carbons (Fsp3) is 0.250. The number of amides is 1. The first-order valence-corrected chi connectivity index (χ1v) is 9.70. The van der Waals surface area contributed by atoms with Crippen LogP contribution in [0, 0.1) is 0 Å². The molecule has 0 spiro atoms. The predicted molar refractivity (Wildman–Crippen MR) is 108 cm³/mol. The zero-order valence-electron chi connectivity index (χ0n) is 16.0. The largest absolute Gasteiger partial charge is 0.495 e. The van der Waals surface area contributed by atoms with Crippen LogP contribution in [0.2, 0.25) is 0 Å². The van der Waals surface area contributed by atoms with E-state index in [-0.39, 0.29) is 18.2 Å².